The van der Waals surface area contributed by atoms with Crippen LogP contribution in [-0.4, -0.2) is 4.98 Å². The number of benzene rings is 6. The first kappa shape index (κ1) is 23.7. The smallest absolute Gasteiger partial charge is 0.227 e. The van der Waals surface area contributed by atoms with Crippen LogP contribution in [-0.2, 0) is 5.41 Å². The van der Waals surface area contributed by atoms with Crippen molar-refractivity contribution in [2.45, 2.75) is 19.3 Å². The molecule has 0 fully saturated rings. The summed E-state index contributed by atoms with van der Waals surface area (Å²) in [4.78, 5) is 7.26. The number of para-hydroxylation sites is 2. The Labute approximate surface area is 239 Å². The van der Waals surface area contributed by atoms with Crippen LogP contribution in [0.1, 0.15) is 25.0 Å². The molecule has 1 aromatic heterocycles. The second-order valence-corrected chi connectivity index (χ2v) is 11.3. The lowest BCUT2D eigenvalue weighted by atomic mass is 9.82. The minimum Gasteiger partial charge on any atom is -0.436 e. The Hall–Kier alpha value is -5.15. The fraction of sp³-hybridized carbons (Fsp3) is 0.0789. The molecule has 3 nitrogen and oxygen atoms in total. The topological polar surface area (TPSA) is 29.3 Å². The Morgan fingerprint density at radius 3 is 1.95 bits per heavy atom. The van der Waals surface area contributed by atoms with Gasteiger partial charge in [-0.25, -0.2) is 4.98 Å². The Morgan fingerprint density at radius 1 is 0.561 bits per heavy atom. The minimum absolute atomic E-state index is 0.191. The van der Waals surface area contributed by atoms with Gasteiger partial charge in [0.25, 0.3) is 0 Å². The standard InChI is InChI=1S/C38H28N2O/c1-38(2)33-22-30(40(28-13-5-3-6-14-28)29-15-7-4-8-16-29)19-20-31(33)32-23-35-36(24-34(32)38)41-37(39-35)27-18-17-25-11-9-10-12-26(25)21-27/h3-24H,1-2H3. The van der Waals surface area contributed by atoms with Crippen molar-refractivity contribution >= 4 is 38.9 Å². The normalized spacial score (nSPS) is 13.3. The van der Waals surface area contributed by atoms with E-state index in [0.29, 0.717) is 5.89 Å². The molecule has 1 aliphatic carbocycles. The summed E-state index contributed by atoms with van der Waals surface area (Å²) in [7, 11) is 0. The van der Waals surface area contributed by atoms with E-state index in [2.05, 4.69) is 152 Å². The minimum atomic E-state index is -0.191. The van der Waals surface area contributed by atoms with Gasteiger partial charge in [0.2, 0.25) is 5.89 Å². The van der Waals surface area contributed by atoms with E-state index in [0.717, 1.165) is 33.7 Å². The monoisotopic (exact) mass is 528 g/mol. The van der Waals surface area contributed by atoms with Gasteiger partial charge in [-0.2, -0.15) is 0 Å². The number of fused-ring (bicyclic) bond motifs is 5. The van der Waals surface area contributed by atoms with Crippen LogP contribution in [0.3, 0.4) is 0 Å². The molecule has 6 aromatic carbocycles. The number of oxazole rings is 1. The molecule has 3 heteroatoms. The third-order valence-corrected chi connectivity index (χ3v) is 8.45. The number of anilines is 3. The quantitative estimate of drug-likeness (QED) is 0.228. The van der Waals surface area contributed by atoms with Crippen LogP contribution in [0.25, 0.3) is 44.5 Å². The summed E-state index contributed by atoms with van der Waals surface area (Å²) in [5, 5.41) is 2.39. The van der Waals surface area contributed by atoms with Crippen LogP contribution in [0.15, 0.2) is 138 Å². The van der Waals surface area contributed by atoms with E-state index in [1.165, 1.54) is 33.0 Å². The fourth-order valence-electron chi connectivity index (χ4n) is 6.33. The van der Waals surface area contributed by atoms with E-state index >= 15 is 0 Å². The molecule has 7 aromatic rings. The molecule has 0 amide bonds. The average Bonchev–Trinajstić information content (AvgIpc) is 3.53. The first-order valence-corrected chi connectivity index (χ1v) is 14.1. The van der Waals surface area contributed by atoms with E-state index in [1.54, 1.807) is 0 Å². The molecule has 8 rings (SSSR count). The van der Waals surface area contributed by atoms with Crippen LogP contribution in [0.4, 0.5) is 17.1 Å². The van der Waals surface area contributed by atoms with Crippen LogP contribution in [0.5, 0.6) is 0 Å². The Morgan fingerprint density at radius 2 is 1.22 bits per heavy atom. The number of hydrogen-bond acceptors (Lipinski definition) is 3. The lowest BCUT2D eigenvalue weighted by Gasteiger charge is -2.28. The zero-order chi connectivity index (χ0) is 27.6. The van der Waals surface area contributed by atoms with Crippen LogP contribution >= 0.6 is 0 Å². The van der Waals surface area contributed by atoms with E-state index in [4.69, 9.17) is 9.40 Å². The molecule has 0 spiro atoms. The molecule has 0 unspecified atom stereocenters. The van der Waals surface area contributed by atoms with Crippen molar-refractivity contribution in [3.8, 4) is 22.6 Å². The predicted octanol–water partition coefficient (Wildman–Crippen LogP) is 10.4. The van der Waals surface area contributed by atoms with Gasteiger partial charge < -0.3 is 9.32 Å². The summed E-state index contributed by atoms with van der Waals surface area (Å²) in [5.41, 5.74) is 11.0. The van der Waals surface area contributed by atoms with Crippen molar-refractivity contribution in [3.63, 3.8) is 0 Å². The van der Waals surface area contributed by atoms with Crippen molar-refractivity contribution in [2.24, 2.45) is 0 Å². The van der Waals surface area contributed by atoms with E-state index in [-0.39, 0.29) is 5.41 Å². The highest BCUT2D eigenvalue weighted by molar-refractivity contribution is 5.92. The molecule has 41 heavy (non-hydrogen) atoms. The highest BCUT2D eigenvalue weighted by Crippen LogP contribution is 2.52. The van der Waals surface area contributed by atoms with Gasteiger partial charge >= 0.3 is 0 Å². The van der Waals surface area contributed by atoms with Gasteiger partial charge in [0.15, 0.2) is 5.58 Å². The summed E-state index contributed by atoms with van der Waals surface area (Å²) >= 11 is 0. The maximum atomic E-state index is 6.38. The molecular formula is C38H28N2O. The van der Waals surface area contributed by atoms with Gasteiger partial charge in [-0.15, -0.1) is 0 Å². The predicted molar refractivity (Wildman–Crippen MR) is 169 cm³/mol. The van der Waals surface area contributed by atoms with Gasteiger partial charge in [0.1, 0.15) is 5.52 Å². The highest BCUT2D eigenvalue weighted by atomic mass is 16.3. The molecule has 0 bridgehead atoms. The third kappa shape index (κ3) is 3.77. The van der Waals surface area contributed by atoms with Crippen molar-refractivity contribution < 1.29 is 4.42 Å². The van der Waals surface area contributed by atoms with E-state index in [9.17, 15) is 0 Å². The average molecular weight is 529 g/mol. The molecule has 1 aliphatic rings. The molecular weight excluding hydrogens is 500 g/mol. The molecule has 196 valence electrons. The molecule has 0 saturated heterocycles. The van der Waals surface area contributed by atoms with Gasteiger partial charge in [0, 0.05) is 28.0 Å². The molecule has 1 heterocycles. The second kappa shape index (κ2) is 8.94. The number of hydrogen-bond donors (Lipinski definition) is 0. The van der Waals surface area contributed by atoms with Crippen LogP contribution < -0.4 is 4.90 Å². The SMILES string of the molecule is CC1(C)c2cc(N(c3ccccc3)c3ccccc3)ccc2-c2cc3nc(-c4ccc5ccccc5c4)oc3cc21. The number of nitrogens with zero attached hydrogens (tertiary/aromatic N) is 2. The van der Waals surface area contributed by atoms with E-state index < -0.39 is 0 Å². The van der Waals surface area contributed by atoms with Crippen molar-refractivity contribution in [1.29, 1.82) is 0 Å². The summed E-state index contributed by atoms with van der Waals surface area (Å²) in [6.45, 7) is 4.62. The van der Waals surface area contributed by atoms with Gasteiger partial charge in [-0.3, -0.25) is 0 Å². The van der Waals surface area contributed by atoms with Gasteiger partial charge in [0.05, 0.1) is 0 Å². The molecule has 0 N–H and O–H groups in total. The Kier molecular flexibility index (Phi) is 5.17. The molecule has 0 radical (unpaired) electrons. The van der Waals surface area contributed by atoms with Crippen LogP contribution in [0.2, 0.25) is 0 Å². The first-order chi connectivity index (χ1) is 20.1. The van der Waals surface area contributed by atoms with Gasteiger partial charge in [-0.05, 0) is 93.7 Å². The summed E-state index contributed by atoms with van der Waals surface area (Å²) in [6, 6.07) is 47.1. The lowest BCUT2D eigenvalue weighted by molar-refractivity contribution is 0.615. The number of aromatic nitrogens is 1. The maximum Gasteiger partial charge on any atom is 0.227 e. The van der Waals surface area contributed by atoms with Crippen molar-refractivity contribution in [2.75, 3.05) is 4.90 Å². The third-order valence-electron chi connectivity index (χ3n) is 8.45. The number of rotatable bonds is 4. The molecule has 0 aliphatic heterocycles. The van der Waals surface area contributed by atoms with Crippen molar-refractivity contribution in [1.82, 2.24) is 4.98 Å². The van der Waals surface area contributed by atoms with Crippen LogP contribution in [0, 0.1) is 0 Å². The van der Waals surface area contributed by atoms with E-state index in [1.807, 2.05) is 0 Å². The maximum absolute atomic E-state index is 6.38. The summed E-state index contributed by atoms with van der Waals surface area (Å²) < 4.78 is 6.38. The second-order valence-electron chi connectivity index (χ2n) is 11.3. The molecule has 0 saturated carbocycles. The van der Waals surface area contributed by atoms with Gasteiger partial charge in [-0.1, -0.05) is 86.6 Å². The Bertz CT molecular complexity index is 2030. The zero-order valence-electron chi connectivity index (χ0n) is 23.0. The first-order valence-electron chi connectivity index (χ1n) is 14.1. The molecule has 0 atom stereocenters. The Balaban J connectivity index is 1.24. The summed E-state index contributed by atoms with van der Waals surface area (Å²) in [6.07, 6.45) is 0. The fourth-order valence-corrected chi connectivity index (χ4v) is 6.33. The largest absolute Gasteiger partial charge is 0.436 e. The van der Waals surface area contributed by atoms with Crippen molar-refractivity contribution in [3.05, 3.63) is 145 Å². The lowest BCUT2D eigenvalue weighted by Crippen LogP contribution is -2.16. The summed E-state index contributed by atoms with van der Waals surface area (Å²) in [5.74, 6) is 0.657. The highest BCUT2D eigenvalue weighted by Gasteiger charge is 2.37. The zero-order valence-corrected chi connectivity index (χ0v) is 23.0.